The maximum absolute atomic E-state index is 5.92. The van der Waals surface area contributed by atoms with Crippen LogP contribution in [0.25, 0.3) is 0 Å². The maximum atomic E-state index is 5.92. The first-order valence-corrected chi connectivity index (χ1v) is 7.16. The molecule has 1 aromatic rings. The monoisotopic (exact) mass is 394 g/mol. The van der Waals surface area contributed by atoms with Crippen LogP contribution in [0.3, 0.4) is 0 Å². The molecule has 20 heavy (non-hydrogen) atoms. The number of hydrogen-bond donors (Lipinski definition) is 1. The molecule has 2 N–H and O–H groups in total. The molecule has 0 aliphatic carbocycles. The maximum Gasteiger partial charge on any atom is 0.191 e. The molecule has 116 valence electrons. The molecule has 0 aliphatic rings. The quantitative estimate of drug-likeness (QED) is 0.438. The summed E-state index contributed by atoms with van der Waals surface area (Å²) in [7, 11) is 0. The lowest BCUT2D eigenvalue weighted by molar-refractivity contribution is 0.371. The highest BCUT2D eigenvalue weighted by atomic mass is 127. The Kier molecular flexibility index (Phi) is 9.62. The zero-order chi connectivity index (χ0) is 14.3. The molecule has 1 rings (SSSR count). The Morgan fingerprint density at radius 2 is 1.90 bits per heavy atom. The minimum Gasteiger partial charge on any atom is -0.370 e. The third-order valence-corrected chi connectivity index (χ3v) is 3.47. The fraction of sp³-hybridized carbons (Fsp3) is 0.714. The van der Waals surface area contributed by atoms with Gasteiger partial charge in [-0.25, -0.2) is 4.99 Å². The minimum atomic E-state index is 0. The summed E-state index contributed by atoms with van der Waals surface area (Å²) in [6, 6.07) is 2.00. The van der Waals surface area contributed by atoms with Gasteiger partial charge in [0.2, 0.25) is 0 Å². The number of aliphatic imine (C=N–C) groups is 1. The molecule has 0 bridgehead atoms. The van der Waals surface area contributed by atoms with E-state index in [2.05, 4.69) is 37.8 Å². The van der Waals surface area contributed by atoms with Gasteiger partial charge in [0.15, 0.2) is 11.7 Å². The first-order chi connectivity index (χ1) is 9.15. The van der Waals surface area contributed by atoms with Crippen molar-refractivity contribution < 1.29 is 4.52 Å². The van der Waals surface area contributed by atoms with Crippen LogP contribution in [0.15, 0.2) is 15.6 Å². The van der Waals surface area contributed by atoms with E-state index in [1.165, 1.54) is 0 Å². The standard InChI is InChI=1S/C14H26N4O.HI/c1-5-11(6-2)13-9-12(19-17-13)10-16-14(15)18(7-3)8-4;/h9,11H,5-8,10H2,1-4H3,(H2,15,16);1H. The molecular weight excluding hydrogens is 367 g/mol. The summed E-state index contributed by atoms with van der Waals surface area (Å²) < 4.78 is 5.32. The Balaban J connectivity index is 0.00000361. The Bertz CT molecular complexity index is 398. The van der Waals surface area contributed by atoms with E-state index in [9.17, 15) is 0 Å². The molecule has 0 unspecified atom stereocenters. The highest BCUT2D eigenvalue weighted by molar-refractivity contribution is 14.0. The lowest BCUT2D eigenvalue weighted by Gasteiger charge is -2.18. The van der Waals surface area contributed by atoms with Crippen LogP contribution in [0, 0.1) is 0 Å². The van der Waals surface area contributed by atoms with Gasteiger partial charge in [-0.05, 0) is 26.7 Å². The van der Waals surface area contributed by atoms with Crippen LogP contribution in [-0.4, -0.2) is 29.1 Å². The van der Waals surface area contributed by atoms with Crippen molar-refractivity contribution in [2.45, 2.75) is 53.0 Å². The Hall–Kier alpha value is -0.790. The second kappa shape index (κ2) is 10.0. The van der Waals surface area contributed by atoms with Crippen LogP contribution in [0.4, 0.5) is 0 Å². The average molecular weight is 394 g/mol. The topological polar surface area (TPSA) is 67.7 Å². The lowest BCUT2D eigenvalue weighted by atomic mass is 9.99. The molecule has 6 heteroatoms. The third kappa shape index (κ3) is 5.30. The van der Waals surface area contributed by atoms with Crippen LogP contribution in [0.1, 0.15) is 57.9 Å². The number of rotatable bonds is 7. The number of nitrogens with two attached hydrogens (primary N) is 1. The van der Waals surface area contributed by atoms with E-state index in [1.807, 2.05) is 11.0 Å². The van der Waals surface area contributed by atoms with E-state index in [1.54, 1.807) is 0 Å². The summed E-state index contributed by atoms with van der Waals surface area (Å²) >= 11 is 0. The van der Waals surface area contributed by atoms with Gasteiger partial charge in [0.1, 0.15) is 6.54 Å². The van der Waals surface area contributed by atoms with Crippen molar-refractivity contribution in [2.75, 3.05) is 13.1 Å². The number of guanidine groups is 1. The number of hydrogen-bond acceptors (Lipinski definition) is 3. The number of halogens is 1. The first kappa shape index (κ1) is 19.2. The van der Waals surface area contributed by atoms with E-state index < -0.39 is 0 Å². The second-order valence-electron chi connectivity index (χ2n) is 4.58. The van der Waals surface area contributed by atoms with Gasteiger partial charge in [-0.15, -0.1) is 24.0 Å². The molecule has 0 saturated carbocycles. The summed E-state index contributed by atoms with van der Waals surface area (Å²) in [6.07, 6.45) is 2.15. The molecule has 0 aromatic carbocycles. The molecule has 1 heterocycles. The molecule has 5 nitrogen and oxygen atoms in total. The fourth-order valence-electron chi connectivity index (χ4n) is 2.11. The normalized spacial score (nSPS) is 11.6. The molecule has 0 fully saturated rings. The molecule has 0 radical (unpaired) electrons. The SMILES string of the molecule is CCC(CC)c1cc(CN=C(N)N(CC)CC)on1.I. The van der Waals surface area contributed by atoms with E-state index in [4.69, 9.17) is 10.3 Å². The first-order valence-electron chi connectivity index (χ1n) is 7.16. The summed E-state index contributed by atoms with van der Waals surface area (Å²) in [5.41, 5.74) is 6.94. The molecule has 0 spiro atoms. The van der Waals surface area contributed by atoms with Gasteiger partial charge in [-0.3, -0.25) is 0 Å². The summed E-state index contributed by atoms with van der Waals surface area (Å²) in [5.74, 6) is 1.81. The number of aromatic nitrogens is 1. The van der Waals surface area contributed by atoms with Crippen molar-refractivity contribution in [2.24, 2.45) is 10.7 Å². The summed E-state index contributed by atoms with van der Waals surface area (Å²) in [4.78, 5) is 6.36. The van der Waals surface area contributed by atoms with Crippen molar-refractivity contribution in [1.82, 2.24) is 10.1 Å². The van der Waals surface area contributed by atoms with Crippen molar-refractivity contribution in [3.8, 4) is 0 Å². The van der Waals surface area contributed by atoms with Crippen molar-refractivity contribution >= 4 is 29.9 Å². The van der Waals surface area contributed by atoms with Crippen molar-refractivity contribution in [1.29, 1.82) is 0 Å². The van der Waals surface area contributed by atoms with Crippen LogP contribution in [0.2, 0.25) is 0 Å². The number of nitrogens with zero attached hydrogens (tertiary/aromatic N) is 3. The zero-order valence-electron chi connectivity index (χ0n) is 12.9. The molecular formula is C14H27IN4O. The summed E-state index contributed by atoms with van der Waals surface area (Å²) in [5, 5.41) is 4.12. The molecule has 0 saturated heterocycles. The Morgan fingerprint density at radius 1 is 1.30 bits per heavy atom. The van der Waals surface area contributed by atoms with E-state index >= 15 is 0 Å². The van der Waals surface area contributed by atoms with Crippen molar-refractivity contribution in [3.05, 3.63) is 17.5 Å². The highest BCUT2D eigenvalue weighted by Crippen LogP contribution is 2.22. The van der Waals surface area contributed by atoms with Gasteiger partial charge in [0.05, 0.1) is 5.69 Å². The Morgan fingerprint density at radius 3 is 2.40 bits per heavy atom. The van der Waals surface area contributed by atoms with Gasteiger partial charge in [-0.2, -0.15) is 0 Å². The summed E-state index contributed by atoms with van der Waals surface area (Å²) in [6.45, 7) is 10.6. The van der Waals surface area contributed by atoms with Crippen LogP contribution < -0.4 is 5.73 Å². The minimum absolute atomic E-state index is 0. The fourth-order valence-corrected chi connectivity index (χ4v) is 2.11. The van der Waals surface area contributed by atoms with Crippen LogP contribution >= 0.6 is 24.0 Å². The Labute approximate surface area is 139 Å². The van der Waals surface area contributed by atoms with Crippen LogP contribution in [-0.2, 0) is 6.54 Å². The lowest BCUT2D eigenvalue weighted by Crippen LogP contribution is -2.36. The van der Waals surface area contributed by atoms with Gasteiger partial charge in [-0.1, -0.05) is 19.0 Å². The predicted octanol–water partition coefficient (Wildman–Crippen LogP) is 3.35. The smallest absolute Gasteiger partial charge is 0.191 e. The molecule has 0 atom stereocenters. The van der Waals surface area contributed by atoms with E-state index in [0.717, 1.165) is 37.4 Å². The highest BCUT2D eigenvalue weighted by Gasteiger charge is 2.12. The largest absolute Gasteiger partial charge is 0.370 e. The molecule has 0 amide bonds. The van der Waals surface area contributed by atoms with E-state index in [-0.39, 0.29) is 24.0 Å². The van der Waals surface area contributed by atoms with Gasteiger partial charge >= 0.3 is 0 Å². The molecule has 1 aromatic heterocycles. The average Bonchev–Trinajstić information content (AvgIpc) is 2.88. The third-order valence-electron chi connectivity index (χ3n) is 3.47. The van der Waals surface area contributed by atoms with Gasteiger partial charge in [0.25, 0.3) is 0 Å². The van der Waals surface area contributed by atoms with Crippen molar-refractivity contribution in [3.63, 3.8) is 0 Å². The van der Waals surface area contributed by atoms with E-state index in [0.29, 0.717) is 18.4 Å². The van der Waals surface area contributed by atoms with Gasteiger partial charge < -0.3 is 15.2 Å². The zero-order valence-corrected chi connectivity index (χ0v) is 15.3. The predicted molar refractivity (Wildman–Crippen MR) is 93.5 cm³/mol. The molecule has 0 aliphatic heterocycles. The van der Waals surface area contributed by atoms with Gasteiger partial charge in [0, 0.05) is 25.1 Å². The second-order valence-corrected chi connectivity index (χ2v) is 4.58. The van der Waals surface area contributed by atoms with Crippen LogP contribution in [0.5, 0.6) is 0 Å².